The third-order valence-electron chi connectivity index (χ3n) is 2.52. The number of hydrogen-bond acceptors (Lipinski definition) is 4. The third-order valence-corrected chi connectivity index (χ3v) is 2.52. The molecule has 1 rings (SSSR count). The van der Waals surface area contributed by atoms with Gasteiger partial charge in [0.1, 0.15) is 5.82 Å². The van der Waals surface area contributed by atoms with Gasteiger partial charge in [-0.3, -0.25) is 4.98 Å². The van der Waals surface area contributed by atoms with Crippen LogP contribution in [0, 0.1) is 5.41 Å². The first-order valence-electron chi connectivity index (χ1n) is 5.12. The van der Waals surface area contributed by atoms with Crippen molar-refractivity contribution in [1.82, 2.24) is 9.97 Å². The predicted molar refractivity (Wildman–Crippen MR) is 61.5 cm³/mol. The van der Waals surface area contributed by atoms with Crippen molar-refractivity contribution in [3.63, 3.8) is 0 Å². The predicted octanol–water partition coefficient (Wildman–Crippen LogP) is 2.02. The van der Waals surface area contributed by atoms with E-state index in [1.165, 1.54) is 12.4 Å². The van der Waals surface area contributed by atoms with E-state index in [9.17, 15) is 4.79 Å². The molecule has 88 valence electrons. The van der Waals surface area contributed by atoms with Crippen LogP contribution in [0.2, 0.25) is 0 Å². The Bertz CT molecular complexity index is 385. The molecule has 1 atom stereocenters. The highest BCUT2D eigenvalue weighted by molar-refractivity contribution is 5.85. The highest BCUT2D eigenvalue weighted by Gasteiger charge is 2.20. The number of hydrogen-bond donors (Lipinski definition) is 2. The zero-order chi connectivity index (χ0) is 12.3. The van der Waals surface area contributed by atoms with Crippen LogP contribution in [0.15, 0.2) is 12.4 Å². The van der Waals surface area contributed by atoms with E-state index < -0.39 is 5.97 Å². The fourth-order valence-electron chi connectivity index (χ4n) is 0.977. The van der Waals surface area contributed by atoms with Crippen molar-refractivity contribution in [2.24, 2.45) is 5.41 Å². The van der Waals surface area contributed by atoms with Crippen LogP contribution < -0.4 is 5.32 Å². The Labute approximate surface area is 94.9 Å². The van der Waals surface area contributed by atoms with Crippen LogP contribution in [0.3, 0.4) is 0 Å². The number of aromatic nitrogens is 2. The molecule has 1 unspecified atom stereocenters. The molecule has 1 aromatic heterocycles. The number of carboxylic acids is 1. The highest BCUT2D eigenvalue weighted by atomic mass is 16.4. The van der Waals surface area contributed by atoms with E-state index in [1.54, 1.807) is 0 Å². The summed E-state index contributed by atoms with van der Waals surface area (Å²) in [7, 11) is 0. The van der Waals surface area contributed by atoms with Crippen molar-refractivity contribution in [3.8, 4) is 0 Å². The van der Waals surface area contributed by atoms with E-state index in [2.05, 4.69) is 36.1 Å². The van der Waals surface area contributed by atoms with Crippen LogP contribution in [0.4, 0.5) is 5.82 Å². The van der Waals surface area contributed by atoms with Gasteiger partial charge in [-0.25, -0.2) is 9.78 Å². The Morgan fingerprint density at radius 2 is 2.06 bits per heavy atom. The van der Waals surface area contributed by atoms with E-state index in [0.717, 1.165) is 0 Å². The van der Waals surface area contributed by atoms with Gasteiger partial charge in [0.25, 0.3) is 0 Å². The van der Waals surface area contributed by atoms with Crippen molar-refractivity contribution in [2.45, 2.75) is 33.7 Å². The van der Waals surface area contributed by atoms with E-state index in [0.29, 0.717) is 5.82 Å². The summed E-state index contributed by atoms with van der Waals surface area (Å²) >= 11 is 0. The lowest BCUT2D eigenvalue weighted by Gasteiger charge is -2.28. The molecule has 0 saturated heterocycles. The Hall–Kier alpha value is -1.65. The molecule has 2 N–H and O–H groups in total. The summed E-state index contributed by atoms with van der Waals surface area (Å²) in [5, 5.41) is 11.9. The number of rotatable bonds is 3. The second kappa shape index (κ2) is 4.47. The maximum absolute atomic E-state index is 10.7. The molecular formula is C11H17N3O2. The topological polar surface area (TPSA) is 75.1 Å². The fraction of sp³-hybridized carbons (Fsp3) is 0.545. The summed E-state index contributed by atoms with van der Waals surface area (Å²) in [4.78, 5) is 18.5. The van der Waals surface area contributed by atoms with Crippen LogP contribution in [0.25, 0.3) is 0 Å². The monoisotopic (exact) mass is 223 g/mol. The molecule has 0 bridgehead atoms. The van der Waals surface area contributed by atoms with E-state index >= 15 is 0 Å². The number of carboxylic acid groups (broad SMARTS) is 1. The van der Waals surface area contributed by atoms with Gasteiger partial charge < -0.3 is 10.4 Å². The van der Waals surface area contributed by atoms with Gasteiger partial charge in [0.2, 0.25) is 0 Å². The fourth-order valence-corrected chi connectivity index (χ4v) is 0.977. The lowest BCUT2D eigenvalue weighted by molar-refractivity contribution is 0.0690. The Kier molecular flexibility index (Phi) is 3.47. The lowest BCUT2D eigenvalue weighted by atomic mass is 9.88. The molecule has 16 heavy (non-hydrogen) atoms. The molecule has 0 aliphatic rings. The Morgan fingerprint density at radius 3 is 2.56 bits per heavy atom. The number of aromatic carboxylic acids is 1. The maximum atomic E-state index is 10.7. The third kappa shape index (κ3) is 3.18. The van der Waals surface area contributed by atoms with Gasteiger partial charge in [0.15, 0.2) is 5.69 Å². The number of carbonyl (C=O) groups is 1. The van der Waals surface area contributed by atoms with Crippen molar-refractivity contribution >= 4 is 11.8 Å². The molecule has 0 aliphatic carbocycles. The smallest absolute Gasteiger partial charge is 0.356 e. The average molecular weight is 223 g/mol. The minimum atomic E-state index is -1.07. The van der Waals surface area contributed by atoms with E-state index in [1.807, 2.05) is 6.92 Å². The van der Waals surface area contributed by atoms with Gasteiger partial charge in [-0.2, -0.15) is 0 Å². The molecule has 0 aliphatic heterocycles. The first-order valence-corrected chi connectivity index (χ1v) is 5.12. The zero-order valence-corrected chi connectivity index (χ0v) is 9.98. The van der Waals surface area contributed by atoms with Gasteiger partial charge in [0, 0.05) is 6.04 Å². The molecule has 0 saturated carbocycles. The quantitative estimate of drug-likeness (QED) is 0.820. The molecule has 0 amide bonds. The van der Waals surface area contributed by atoms with Gasteiger partial charge in [0.05, 0.1) is 12.4 Å². The first-order chi connectivity index (χ1) is 7.30. The van der Waals surface area contributed by atoms with E-state index in [4.69, 9.17) is 5.11 Å². The normalized spacial score (nSPS) is 13.2. The van der Waals surface area contributed by atoms with E-state index in [-0.39, 0.29) is 17.2 Å². The Morgan fingerprint density at radius 1 is 1.44 bits per heavy atom. The molecular weight excluding hydrogens is 206 g/mol. The second-order valence-electron chi connectivity index (χ2n) is 4.83. The van der Waals surface area contributed by atoms with Crippen molar-refractivity contribution in [2.75, 3.05) is 5.32 Å². The SMILES string of the molecule is CC(Nc1cncc(C(=O)O)n1)C(C)(C)C. The molecule has 0 radical (unpaired) electrons. The summed E-state index contributed by atoms with van der Waals surface area (Å²) in [5.41, 5.74) is 0.0204. The minimum absolute atomic E-state index is 0.0499. The Balaban J connectivity index is 2.82. The maximum Gasteiger partial charge on any atom is 0.356 e. The highest BCUT2D eigenvalue weighted by Crippen LogP contribution is 2.21. The van der Waals surface area contributed by atoms with Crippen molar-refractivity contribution < 1.29 is 9.90 Å². The standard InChI is InChI=1S/C11H17N3O2/c1-7(11(2,3)4)13-9-6-12-5-8(14-9)10(15)16/h5-7H,1-4H3,(H,13,14)(H,15,16). The summed E-state index contributed by atoms with van der Waals surface area (Å²) in [6.07, 6.45) is 2.75. The number of anilines is 1. The van der Waals surface area contributed by atoms with Crippen LogP contribution >= 0.6 is 0 Å². The molecule has 0 fully saturated rings. The molecule has 1 aromatic rings. The first kappa shape index (κ1) is 12.4. The van der Waals surface area contributed by atoms with Crippen molar-refractivity contribution in [1.29, 1.82) is 0 Å². The van der Waals surface area contributed by atoms with Gasteiger partial charge in [-0.05, 0) is 12.3 Å². The van der Waals surface area contributed by atoms with Crippen molar-refractivity contribution in [3.05, 3.63) is 18.1 Å². The molecule has 1 heterocycles. The molecule has 5 nitrogen and oxygen atoms in total. The van der Waals surface area contributed by atoms with Gasteiger partial charge >= 0.3 is 5.97 Å². The number of nitrogens with one attached hydrogen (secondary N) is 1. The van der Waals surface area contributed by atoms with Crippen LogP contribution in [-0.4, -0.2) is 27.1 Å². The van der Waals surface area contributed by atoms with Crippen LogP contribution in [0.1, 0.15) is 38.2 Å². The summed E-state index contributed by atoms with van der Waals surface area (Å²) in [5.74, 6) is -0.582. The summed E-state index contributed by atoms with van der Waals surface area (Å²) < 4.78 is 0. The second-order valence-corrected chi connectivity index (χ2v) is 4.83. The lowest BCUT2D eigenvalue weighted by Crippen LogP contribution is -2.31. The average Bonchev–Trinajstić information content (AvgIpc) is 2.16. The summed E-state index contributed by atoms with van der Waals surface area (Å²) in [6.45, 7) is 8.31. The largest absolute Gasteiger partial charge is 0.476 e. The summed E-state index contributed by atoms with van der Waals surface area (Å²) in [6, 6.07) is 0.172. The van der Waals surface area contributed by atoms with Crippen LogP contribution in [-0.2, 0) is 0 Å². The number of nitrogens with zero attached hydrogens (tertiary/aromatic N) is 2. The van der Waals surface area contributed by atoms with Crippen LogP contribution in [0.5, 0.6) is 0 Å². The molecule has 5 heteroatoms. The minimum Gasteiger partial charge on any atom is -0.476 e. The van der Waals surface area contributed by atoms with Gasteiger partial charge in [-0.15, -0.1) is 0 Å². The molecule has 0 aromatic carbocycles. The molecule has 0 spiro atoms. The zero-order valence-electron chi connectivity index (χ0n) is 9.98. The van der Waals surface area contributed by atoms with Gasteiger partial charge in [-0.1, -0.05) is 20.8 Å².